The molecule has 180 valence electrons. The second-order valence-electron chi connectivity index (χ2n) is 8.57. The van der Waals surface area contributed by atoms with Gasteiger partial charge in [-0.2, -0.15) is 0 Å². The first-order chi connectivity index (χ1) is 16.4. The van der Waals surface area contributed by atoms with Gasteiger partial charge >= 0.3 is 0 Å². The molecule has 1 aliphatic heterocycles. The van der Waals surface area contributed by atoms with Gasteiger partial charge in [-0.3, -0.25) is 24.1 Å². The number of amides is 4. The van der Waals surface area contributed by atoms with Gasteiger partial charge in [-0.1, -0.05) is 50.2 Å². The summed E-state index contributed by atoms with van der Waals surface area (Å²) in [6.45, 7) is 6.91. The predicted molar refractivity (Wildman–Crippen MR) is 130 cm³/mol. The van der Waals surface area contributed by atoms with Gasteiger partial charge in [0.15, 0.2) is 0 Å². The molecule has 0 aromatic heterocycles. The fourth-order valence-electron chi connectivity index (χ4n) is 4.23. The molecule has 0 saturated carbocycles. The Bertz CT molecular complexity index is 1030. The van der Waals surface area contributed by atoms with Crippen molar-refractivity contribution in [1.82, 2.24) is 15.1 Å². The SMILES string of the molecule is CCCNC(=O)C(CC)N(Cc1ccccc1C)C(=O)CCCN1C(=O)c2ccccc2C1=O. The van der Waals surface area contributed by atoms with E-state index >= 15 is 0 Å². The summed E-state index contributed by atoms with van der Waals surface area (Å²) in [7, 11) is 0. The number of benzene rings is 2. The van der Waals surface area contributed by atoms with Crippen LogP contribution in [0.4, 0.5) is 0 Å². The van der Waals surface area contributed by atoms with E-state index in [0.717, 1.165) is 17.5 Å². The number of fused-ring (bicyclic) bond motifs is 1. The fraction of sp³-hybridized carbons (Fsp3) is 0.407. The van der Waals surface area contributed by atoms with E-state index in [1.807, 2.05) is 45.0 Å². The summed E-state index contributed by atoms with van der Waals surface area (Å²) >= 11 is 0. The molecule has 0 spiro atoms. The third-order valence-corrected chi connectivity index (χ3v) is 6.19. The topological polar surface area (TPSA) is 86.8 Å². The number of rotatable bonds is 11. The maximum atomic E-state index is 13.4. The summed E-state index contributed by atoms with van der Waals surface area (Å²) in [6.07, 6.45) is 1.78. The number of imide groups is 1. The van der Waals surface area contributed by atoms with E-state index in [-0.39, 0.29) is 36.6 Å². The Labute approximate surface area is 201 Å². The van der Waals surface area contributed by atoms with Crippen LogP contribution in [0.3, 0.4) is 0 Å². The lowest BCUT2D eigenvalue weighted by Gasteiger charge is -2.31. The van der Waals surface area contributed by atoms with Crippen molar-refractivity contribution in [3.05, 3.63) is 70.8 Å². The van der Waals surface area contributed by atoms with Gasteiger partial charge in [0, 0.05) is 26.1 Å². The number of nitrogens with zero attached hydrogens (tertiary/aromatic N) is 2. The van der Waals surface area contributed by atoms with Gasteiger partial charge in [0.1, 0.15) is 6.04 Å². The number of aryl methyl sites for hydroxylation is 1. The highest BCUT2D eigenvalue weighted by atomic mass is 16.2. The van der Waals surface area contributed by atoms with Gasteiger partial charge in [0.2, 0.25) is 11.8 Å². The number of hydrogen-bond donors (Lipinski definition) is 1. The van der Waals surface area contributed by atoms with E-state index in [2.05, 4.69) is 5.32 Å². The molecule has 1 heterocycles. The normalized spacial score (nSPS) is 13.6. The van der Waals surface area contributed by atoms with E-state index in [0.29, 0.717) is 37.1 Å². The molecule has 2 aromatic rings. The zero-order chi connectivity index (χ0) is 24.7. The molecule has 0 radical (unpaired) electrons. The Morgan fingerprint density at radius 3 is 2.18 bits per heavy atom. The van der Waals surface area contributed by atoms with E-state index in [1.54, 1.807) is 29.2 Å². The van der Waals surface area contributed by atoms with Gasteiger partial charge < -0.3 is 10.2 Å². The monoisotopic (exact) mass is 463 g/mol. The quantitative estimate of drug-likeness (QED) is 0.515. The molecule has 34 heavy (non-hydrogen) atoms. The highest BCUT2D eigenvalue weighted by Gasteiger charge is 2.35. The summed E-state index contributed by atoms with van der Waals surface area (Å²) in [5.41, 5.74) is 2.84. The summed E-state index contributed by atoms with van der Waals surface area (Å²) in [4.78, 5) is 54.2. The van der Waals surface area contributed by atoms with Crippen molar-refractivity contribution in [2.24, 2.45) is 0 Å². The van der Waals surface area contributed by atoms with Crippen LogP contribution in [0.15, 0.2) is 48.5 Å². The fourth-order valence-corrected chi connectivity index (χ4v) is 4.23. The Kier molecular flexibility index (Phi) is 8.57. The standard InChI is InChI=1S/C27H33N3O4/c1-4-16-28-25(32)23(5-2)30(18-20-12-7-6-11-19(20)3)24(31)15-10-17-29-26(33)21-13-8-9-14-22(21)27(29)34/h6-9,11-14,23H,4-5,10,15-18H2,1-3H3,(H,28,32). The van der Waals surface area contributed by atoms with Gasteiger partial charge in [-0.05, 0) is 49.4 Å². The van der Waals surface area contributed by atoms with Crippen molar-refractivity contribution in [2.75, 3.05) is 13.1 Å². The molecule has 7 nitrogen and oxygen atoms in total. The van der Waals surface area contributed by atoms with Crippen LogP contribution in [-0.4, -0.2) is 52.6 Å². The van der Waals surface area contributed by atoms with Crippen LogP contribution in [0.1, 0.15) is 71.4 Å². The summed E-state index contributed by atoms with van der Waals surface area (Å²) in [5, 5.41) is 2.91. The molecule has 1 unspecified atom stereocenters. The minimum Gasteiger partial charge on any atom is -0.354 e. The van der Waals surface area contributed by atoms with Crippen LogP contribution in [0.2, 0.25) is 0 Å². The molecule has 4 amide bonds. The van der Waals surface area contributed by atoms with Crippen molar-refractivity contribution in [2.45, 2.75) is 59.0 Å². The van der Waals surface area contributed by atoms with Gasteiger partial charge in [-0.15, -0.1) is 0 Å². The van der Waals surface area contributed by atoms with Crippen LogP contribution in [0.5, 0.6) is 0 Å². The number of hydrogen-bond acceptors (Lipinski definition) is 4. The summed E-state index contributed by atoms with van der Waals surface area (Å²) < 4.78 is 0. The van der Waals surface area contributed by atoms with Crippen molar-refractivity contribution in [1.29, 1.82) is 0 Å². The Morgan fingerprint density at radius 1 is 0.971 bits per heavy atom. The zero-order valence-electron chi connectivity index (χ0n) is 20.2. The smallest absolute Gasteiger partial charge is 0.261 e. The van der Waals surface area contributed by atoms with Crippen molar-refractivity contribution < 1.29 is 19.2 Å². The first-order valence-electron chi connectivity index (χ1n) is 12.0. The lowest BCUT2D eigenvalue weighted by molar-refractivity contribution is -0.141. The highest BCUT2D eigenvalue weighted by molar-refractivity contribution is 6.21. The molecule has 0 saturated heterocycles. The molecular weight excluding hydrogens is 430 g/mol. The molecule has 7 heteroatoms. The van der Waals surface area contributed by atoms with Gasteiger partial charge in [0.25, 0.3) is 11.8 Å². The summed E-state index contributed by atoms with van der Waals surface area (Å²) in [6, 6.07) is 14.0. The summed E-state index contributed by atoms with van der Waals surface area (Å²) in [5.74, 6) is -0.977. The van der Waals surface area contributed by atoms with E-state index in [1.165, 1.54) is 4.90 Å². The molecule has 0 aliphatic carbocycles. The Hall–Kier alpha value is -3.48. The second kappa shape index (κ2) is 11.6. The second-order valence-corrected chi connectivity index (χ2v) is 8.57. The van der Waals surface area contributed by atoms with Crippen molar-refractivity contribution in [3.8, 4) is 0 Å². The zero-order valence-corrected chi connectivity index (χ0v) is 20.2. The van der Waals surface area contributed by atoms with E-state index in [4.69, 9.17) is 0 Å². The lowest BCUT2D eigenvalue weighted by atomic mass is 10.1. The molecule has 3 rings (SSSR count). The minimum atomic E-state index is -0.585. The highest BCUT2D eigenvalue weighted by Crippen LogP contribution is 2.23. The first kappa shape index (κ1) is 25.1. The van der Waals surface area contributed by atoms with Crippen LogP contribution < -0.4 is 5.32 Å². The third-order valence-electron chi connectivity index (χ3n) is 6.19. The van der Waals surface area contributed by atoms with E-state index < -0.39 is 6.04 Å². The average molecular weight is 464 g/mol. The molecule has 0 bridgehead atoms. The molecule has 1 aliphatic rings. The largest absolute Gasteiger partial charge is 0.354 e. The third kappa shape index (κ3) is 5.53. The van der Waals surface area contributed by atoms with Crippen LogP contribution in [-0.2, 0) is 16.1 Å². The van der Waals surface area contributed by atoms with Gasteiger partial charge in [-0.25, -0.2) is 0 Å². The number of carbonyl (C=O) groups excluding carboxylic acids is 4. The maximum absolute atomic E-state index is 13.4. The van der Waals surface area contributed by atoms with E-state index in [9.17, 15) is 19.2 Å². The molecule has 1 N–H and O–H groups in total. The average Bonchev–Trinajstić information content (AvgIpc) is 3.08. The van der Waals surface area contributed by atoms with Crippen LogP contribution >= 0.6 is 0 Å². The molecular formula is C27H33N3O4. The molecule has 1 atom stereocenters. The van der Waals surface area contributed by atoms with Gasteiger partial charge in [0.05, 0.1) is 11.1 Å². The van der Waals surface area contributed by atoms with Crippen LogP contribution in [0.25, 0.3) is 0 Å². The molecule has 0 fully saturated rings. The van der Waals surface area contributed by atoms with Crippen LogP contribution in [0, 0.1) is 6.92 Å². The number of carbonyl (C=O) groups is 4. The lowest BCUT2D eigenvalue weighted by Crippen LogP contribution is -2.49. The van der Waals surface area contributed by atoms with Crippen molar-refractivity contribution >= 4 is 23.6 Å². The predicted octanol–water partition coefficient (Wildman–Crippen LogP) is 3.70. The Morgan fingerprint density at radius 2 is 1.59 bits per heavy atom. The molecule has 2 aromatic carbocycles. The first-order valence-corrected chi connectivity index (χ1v) is 12.0. The Balaban J connectivity index is 1.71. The maximum Gasteiger partial charge on any atom is 0.261 e. The van der Waals surface area contributed by atoms with Crippen molar-refractivity contribution in [3.63, 3.8) is 0 Å². The number of nitrogens with one attached hydrogen (secondary N) is 1. The minimum absolute atomic E-state index is 0.136.